The summed E-state index contributed by atoms with van der Waals surface area (Å²) in [7, 11) is 1.54. The van der Waals surface area contributed by atoms with E-state index in [9.17, 15) is 4.79 Å². The molecule has 0 saturated carbocycles. The molecule has 0 spiro atoms. The van der Waals surface area contributed by atoms with Crippen molar-refractivity contribution >= 4 is 5.97 Å². The Balaban J connectivity index is 2.97. The molecule has 0 aliphatic carbocycles. The molecule has 0 amide bonds. The second-order valence-electron chi connectivity index (χ2n) is 2.59. The van der Waals surface area contributed by atoms with Crippen molar-refractivity contribution in [2.75, 3.05) is 13.7 Å². The summed E-state index contributed by atoms with van der Waals surface area (Å²) in [5.74, 6) is 4.49. The highest BCUT2D eigenvalue weighted by atomic mass is 16.5. The van der Waals surface area contributed by atoms with Gasteiger partial charge in [0, 0.05) is 12.7 Å². The van der Waals surface area contributed by atoms with Crippen LogP contribution in [0.2, 0.25) is 0 Å². The van der Waals surface area contributed by atoms with Gasteiger partial charge in [0.15, 0.2) is 0 Å². The highest BCUT2D eigenvalue weighted by molar-refractivity contribution is 5.90. The molecule has 0 bridgehead atoms. The summed E-state index contributed by atoms with van der Waals surface area (Å²) in [5.41, 5.74) is 0.730. The number of carbonyl (C=O) groups is 1. The number of ether oxygens (including phenoxy) is 1. The van der Waals surface area contributed by atoms with Crippen LogP contribution in [0.3, 0.4) is 0 Å². The van der Waals surface area contributed by atoms with Gasteiger partial charge in [-0.15, -0.1) is 0 Å². The van der Waals surface area contributed by atoms with E-state index >= 15 is 0 Å². The molecule has 0 radical (unpaired) electrons. The summed E-state index contributed by atoms with van der Waals surface area (Å²) in [4.78, 5) is 10.8. The van der Waals surface area contributed by atoms with Gasteiger partial charge in [-0.25, -0.2) is 4.79 Å². The van der Waals surface area contributed by atoms with E-state index in [1.54, 1.807) is 18.2 Å². The number of methoxy groups -OCH3 is 1. The lowest BCUT2D eigenvalue weighted by atomic mass is 10.1. The van der Waals surface area contributed by atoms with E-state index in [0.717, 1.165) is 0 Å². The molecule has 1 aromatic rings. The summed E-state index contributed by atoms with van der Waals surface area (Å²) >= 11 is 0. The Hall–Kier alpha value is -1.79. The summed E-state index contributed by atoms with van der Waals surface area (Å²) < 4.78 is 4.74. The molecule has 3 nitrogen and oxygen atoms in total. The van der Waals surface area contributed by atoms with E-state index in [2.05, 4.69) is 11.8 Å². The van der Waals surface area contributed by atoms with Crippen molar-refractivity contribution in [1.82, 2.24) is 0 Å². The molecular weight excluding hydrogens is 180 g/mol. The van der Waals surface area contributed by atoms with E-state index in [-0.39, 0.29) is 5.56 Å². The van der Waals surface area contributed by atoms with Gasteiger partial charge in [-0.05, 0) is 12.1 Å². The van der Waals surface area contributed by atoms with Crippen molar-refractivity contribution < 1.29 is 14.6 Å². The molecular formula is C11H10O3. The van der Waals surface area contributed by atoms with Crippen LogP contribution >= 0.6 is 0 Å². The lowest BCUT2D eigenvalue weighted by Gasteiger charge is -1.96. The van der Waals surface area contributed by atoms with Gasteiger partial charge in [0.1, 0.15) is 6.61 Å². The van der Waals surface area contributed by atoms with Crippen LogP contribution in [0.25, 0.3) is 0 Å². The molecule has 3 heteroatoms. The third kappa shape index (κ3) is 2.61. The molecule has 0 aliphatic heterocycles. The van der Waals surface area contributed by atoms with Crippen LogP contribution < -0.4 is 0 Å². The van der Waals surface area contributed by atoms with Crippen LogP contribution in [0.4, 0.5) is 0 Å². The van der Waals surface area contributed by atoms with E-state index in [1.165, 1.54) is 13.2 Å². The maximum Gasteiger partial charge on any atom is 0.336 e. The van der Waals surface area contributed by atoms with Crippen molar-refractivity contribution in [2.45, 2.75) is 0 Å². The Morgan fingerprint density at radius 2 is 2.21 bits per heavy atom. The first-order chi connectivity index (χ1) is 6.75. The first kappa shape index (κ1) is 10.3. The van der Waals surface area contributed by atoms with Crippen molar-refractivity contribution in [2.24, 2.45) is 0 Å². The van der Waals surface area contributed by atoms with Crippen LogP contribution in [0.1, 0.15) is 15.9 Å². The summed E-state index contributed by atoms with van der Waals surface area (Å²) in [6, 6.07) is 6.62. The fourth-order valence-electron chi connectivity index (χ4n) is 0.982. The standard InChI is InChI=1S/C11H10O3/c1-14-8-4-6-9-5-2-3-7-10(9)11(12)13/h2-3,5,7H,8H2,1H3,(H,12,13). The van der Waals surface area contributed by atoms with Gasteiger partial charge in [0.2, 0.25) is 0 Å². The Labute approximate surface area is 82.3 Å². The first-order valence-electron chi connectivity index (χ1n) is 4.06. The largest absolute Gasteiger partial charge is 0.478 e. The van der Waals surface area contributed by atoms with Gasteiger partial charge < -0.3 is 9.84 Å². The minimum atomic E-state index is -0.965. The zero-order chi connectivity index (χ0) is 10.4. The van der Waals surface area contributed by atoms with Gasteiger partial charge in [-0.2, -0.15) is 0 Å². The maximum absolute atomic E-state index is 10.8. The molecule has 0 atom stereocenters. The molecule has 1 N–H and O–H groups in total. The van der Waals surface area contributed by atoms with Gasteiger partial charge in [0.05, 0.1) is 5.56 Å². The predicted molar refractivity (Wildman–Crippen MR) is 52.2 cm³/mol. The average Bonchev–Trinajstić information content (AvgIpc) is 2.19. The van der Waals surface area contributed by atoms with E-state index < -0.39 is 5.97 Å². The zero-order valence-corrected chi connectivity index (χ0v) is 7.78. The molecule has 1 rings (SSSR count). The molecule has 0 unspecified atom stereocenters. The lowest BCUT2D eigenvalue weighted by molar-refractivity contribution is 0.0696. The van der Waals surface area contributed by atoms with Gasteiger partial charge in [0.25, 0.3) is 0 Å². The van der Waals surface area contributed by atoms with Crippen LogP contribution in [0.15, 0.2) is 24.3 Å². The number of aromatic carboxylic acids is 1. The number of carboxylic acids is 1. The van der Waals surface area contributed by atoms with Crippen LogP contribution in [0.5, 0.6) is 0 Å². The molecule has 0 fully saturated rings. The minimum absolute atomic E-state index is 0.219. The summed E-state index contributed by atoms with van der Waals surface area (Å²) in [6.45, 7) is 0.300. The Kier molecular flexibility index (Phi) is 3.71. The summed E-state index contributed by atoms with van der Waals surface area (Å²) in [5, 5.41) is 8.82. The quantitative estimate of drug-likeness (QED) is 0.717. The number of carboxylic acid groups (broad SMARTS) is 1. The third-order valence-corrected chi connectivity index (χ3v) is 1.60. The van der Waals surface area contributed by atoms with Crippen molar-refractivity contribution in [3.05, 3.63) is 35.4 Å². The molecule has 72 valence electrons. The molecule has 0 aliphatic rings. The highest BCUT2D eigenvalue weighted by Crippen LogP contribution is 2.06. The average molecular weight is 190 g/mol. The number of benzene rings is 1. The Bertz CT molecular complexity index is 385. The maximum atomic E-state index is 10.8. The van der Waals surface area contributed by atoms with Crippen molar-refractivity contribution in [3.8, 4) is 11.8 Å². The van der Waals surface area contributed by atoms with Crippen molar-refractivity contribution in [1.29, 1.82) is 0 Å². The smallest absolute Gasteiger partial charge is 0.336 e. The number of rotatable bonds is 2. The number of hydrogen-bond acceptors (Lipinski definition) is 2. The fraction of sp³-hybridized carbons (Fsp3) is 0.182. The van der Waals surface area contributed by atoms with Crippen LogP contribution in [-0.4, -0.2) is 24.8 Å². The van der Waals surface area contributed by atoms with Gasteiger partial charge in [-0.1, -0.05) is 24.0 Å². The molecule has 0 aromatic heterocycles. The Morgan fingerprint density at radius 1 is 1.50 bits per heavy atom. The number of hydrogen-bond donors (Lipinski definition) is 1. The first-order valence-corrected chi connectivity index (χ1v) is 4.06. The zero-order valence-electron chi connectivity index (χ0n) is 7.78. The van der Waals surface area contributed by atoms with E-state index in [4.69, 9.17) is 9.84 Å². The monoisotopic (exact) mass is 190 g/mol. The molecule has 1 aromatic carbocycles. The molecule has 14 heavy (non-hydrogen) atoms. The summed E-state index contributed by atoms with van der Waals surface area (Å²) in [6.07, 6.45) is 0. The van der Waals surface area contributed by atoms with Crippen LogP contribution in [0, 0.1) is 11.8 Å². The second-order valence-corrected chi connectivity index (χ2v) is 2.59. The highest BCUT2D eigenvalue weighted by Gasteiger charge is 2.05. The predicted octanol–water partition coefficient (Wildman–Crippen LogP) is 1.38. The topological polar surface area (TPSA) is 46.5 Å². The van der Waals surface area contributed by atoms with Crippen LogP contribution in [-0.2, 0) is 4.74 Å². The fourth-order valence-corrected chi connectivity index (χ4v) is 0.982. The SMILES string of the molecule is COCC#Cc1ccccc1C(=O)O. The lowest BCUT2D eigenvalue weighted by Crippen LogP contribution is -1.99. The third-order valence-electron chi connectivity index (χ3n) is 1.60. The molecule has 0 saturated heterocycles. The van der Waals surface area contributed by atoms with Crippen molar-refractivity contribution in [3.63, 3.8) is 0 Å². The van der Waals surface area contributed by atoms with Gasteiger partial charge >= 0.3 is 5.97 Å². The van der Waals surface area contributed by atoms with E-state index in [0.29, 0.717) is 12.2 Å². The van der Waals surface area contributed by atoms with E-state index in [1.807, 2.05) is 0 Å². The normalized spacial score (nSPS) is 8.93. The van der Waals surface area contributed by atoms with Gasteiger partial charge in [-0.3, -0.25) is 0 Å². The molecule has 0 heterocycles. The Morgan fingerprint density at radius 3 is 2.86 bits per heavy atom. The second kappa shape index (κ2) is 5.05. The minimum Gasteiger partial charge on any atom is -0.478 e.